The second kappa shape index (κ2) is 6.91. The Morgan fingerprint density at radius 3 is 2.48 bits per heavy atom. The summed E-state index contributed by atoms with van der Waals surface area (Å²) in [5.74, 6) is 0.807. The predicted molar refractivity (Wildman–Crippen MR) is 92.2 cm³/mol. The van der Waals surface area contributed by atoms with Crippen molar-refractivity contribution in [3.05, 3.63) is 70.2 Å². The fourth-order valence-electron chi connectivity index (χ4n) is 2.14. The Balaban J connectivity index is 1.98. The van der Waals surface area contributed by atoms with E-state index >= 15 is 0 Å². The first-order valence-electron chi connectivity index (χ1n) is 7.47. The minimum absolute atomic E-state index is 0.0175. The fourth-order valence-corrected chi connectivity index (χ4v) is 2.14. The number of pyridine rings is 1. The molecule has 8 heteroatoms. The van der Waals surface area contributed by atoms with E-state index in [2.05, 4.69) is 20.3 Å². The average Bonchev–Trinajstić information content (AvgIpc) is 2.59. The zero-order valence-corrected chi connectivity index (χ0v) is 13.6. The number of nitrogens with one attached hydrogen (secondary N) is 1. The molecular weight excluding hydrogens is 322 g/mol. The van der Waals surface area contributed by atoms with Crippen LogP contribution in [0.25, 0.3) is 0 Å². The van der Waals surface area contributed by atoms with Crippen molar-refractivity contribution in [3.8, 4) is 11.6 Å². The van der Waals surface area contributed by atoms with Crippen LogP contribution in [0.2, 0.25) is 0 Å². The Morgan fingerprint density at radius 2 is 1.80 bits per heavy atom. The van der Waals surface area contributed by atoms with Gasteiger partial charge in [-0.25, -0.2) is 9.97 Å². The minimum atomic E-state index is -0.579. The second-order valence-corrected chi connectivity index (χ2v) is 5.34. The molecule has 0 saturated carbocycles. The Labute approximate surface area is 143 Å². The molecule has 0 aliphatic carbocycles. The Hall–Kier alpha value is -3.55. The molecular formula is C17H15N5O3. The molecule has 0 unspecified atom stereocenters. The van der Waals surface area contributed by atoms with Gasteiger partial charge in [-0.3, -0.25) is 10.1 Å². The topological polar surface area (TPSA) is 103 Å². The summed E-state index contributed by atoms with van der Waals surface area (Å²) in [5.41, 5.74) is 1.53. The first-order valence-corrected chi connectivity index (χ1v) is 7.47. The van der Waals surface area contributed by atoms with Crippen molar-refractivity contribution >= 4 is 17.3 Å². The van der Waals surface area contributed by atoms with Gasteiger partial charge in [0.1, 0.15) is 17.9 Å². The van der Waals surface area contributed by atoms with E-state index in [-0.39, 0.29) is 17.4 Å². The molecule has 0 aliphatic heterocycles. The Morgan fingerprint density at radius 1 is 1.04 bits per heavy atom. The number of rotatable bonds is 5. The molecule has 2 aromatic heterocycles. The summed E-state index contributed by atoms with van der Waals surface area (Å²) in [5, 5.41) is 14.4. The zero-order chi connectivity index (χ0) is 17.8. The van der Waals surface area contributed by atoms with Crippen LogP contribution in [0.1, 0.15) is 11.1 Å². The van der Waals surface area contributed by atoms with E-state index in [1.165, 1.54) is 6.33 Å². The second-order valence-electron chi connectivity index (χ2n) is 5.34. The molecule has 1 N–H and O–H groups in total. The van der Waals surface area contributed by atoms with Gasteiger partial charge in [-0.05, 0) is 37.6 Å². The summed E-state index contributed by atoms with van der Waals surface area (Å²) in [4.78, 5) is 23.0. The highest BCUT2D eigenvalue weighted by Crippen LogP contribution is 2.35. The molecule has 0 spiro atoms. The van der Waals surface area contributed by atoms with Gasteiger partial charge in [0.2, 0.25) is 5.82 Å². The van der Waals surface area contributed by atoms with Crippen molar-refractivity contribution < 1.29 is 9.66 Å². The van der Waals surface area contributed by atoms with E-state index in [0.717, 1.165) is 11.1 Å². The summed E-state index contributed by atoms with van der Waals surface area (Å²) in [6.45, 7) is 3.78. The Bertz CT molecular complexity index is 912. The molecule has 1 aromatic carbocycles. The van der Waals surface area contributed by atoms with Crippen LogP contribution in [0.3, 0.4) is 0 Å². The third-order valence-electron chi connectivity index (χ3n) is 3.45. The molecule has 0 aliphatic rings. The lowest BCUT2D eigenvalue weighted by molar-refractivity contribution is -0.385. The van der Waals surface area contributed by atoms with Crippen molar-refractivity contribution in [2.45, 2.75) is 13.8 Å². The van der Waals surface area contributed by atoms with E-state index in [0.29, 0.717) is 11.6 Å². The highest BCUT2D eigenvalue weighted by molar-refractivity contribution is 5.68. The van der Waals surface area contributed by atoms with E-state index < -0.39 is 4.92 Å². The normalized spacial score (nSPS) is 10.3. The number of hydrogen-bond acceptors (Lipinski definition) is 7. The van der Waals surface area contributed by atoms with Crippen molar-refractivity contribution in [1.29, 1.82) is 0 Å². The lowest BCUT2D eigenvalue weighted by atomic mass is 10.2. The van der Waals surface area contributed by atoms with Crippen molar-refractivity contribution in [2.24, 2.45) is 0 Å². The van der Waals surface area contributed by atoms with E-state index in [1.807, 2.05) is 32.0 Å². The summed E-state index contributed by atoms with van der Waals surface area (Å²) >= 11 is 0. The maximum absolute atomic E-state index is 11.5. The number of ether oxygens (including phenoxy) is 1. The highest BCUT2D eigenvalue weighted by atomic mass is 16.6. The van der Waals surface area contributed by atoms with Gasteiger partial charge in [-0.1, -0.05) is 23.8 Å². The number of hydrogen-bond donors (Lipinski definition) is 1. The fraction of sp³-hybridized carbons (Fsp3) is 0.118. The van der Waals surface area contributed by atoms with Crippen LogP contribution < -0.4 is 10.1 Å². The summed E-state index contributed by atoms with van der Waals surface area (Å²) in [7, 11) is 0. The van der Waals surface area contributed by atoms with E-state index in [4.69, 9.17) is 4.74 Å². The van der Waals surface area contributed by atoms with Gasteiger partial charge in [0.15, 0.2) is 0 Å². The molecule has 0 radical (unpaired) electrons. The van der Waals surface area contributed by atoms with Crippen LogP contribution in [0.5, 0.6) is 11.6 Å². The van der Waals surface area contributed by atoms with Crippen LogP contribution in [-0.4, -0.2) is 19.9 Å². The third kappa shape index (κ3) is 3.69. The molecule has 0 fully saturated rings. The molecule has 0 amide bonds. The first kappa shape index (κ1) is 16.3. The number of aromatic nitrogens is 3. The largest absolute Gasteiger partial charge is 0.434 e. The average molecular weight is 337 g/mol. The maximum atomic E-state index is 11.5. The molecule has 25 heavy (non-hydrogen) atoms. The lowest BCUT2D eigenvalue weighted by Crippen LogP contribution is -2.05. The third-order valence-corrected chi connectivity index (χ3v) is 3.45. The van der Waals surface area contributed by atoms with Crippen LogP contribution in [0.4, 0.5) is 17.3 Å². The van der Waals surface area contributed by atoms with Gasteiger partial charge < -0.3 is 10.1 Å². The molecule has 2 heterocycles. The van der Waals surface area contributed by atoms with Crippen molar-refractivity contribution in [3.63, 3.8) is 0 Å². The van der Waals surface area contributed by atoms with Gasteiger partial charge in [0.05, 0.1) is 4.92 Å². The van der Waals surface area contributed by atoms with Gasteiger partial charge in [-0.2, -0.15) is 4.98 Å². The zero-order valence-electron chi connectivity index (χ0n) is 13.6. The SMILES string of the molecule is Cc1ccc(Oc2ncnc(Nc3ncccc3C)c2[N+](=O)[O-])cc1. The van der Waals surface area contributed by atoms with Crippen LogP contribution in [-0.2, 0) is 0 Å². The summed E-state index contributed by atoms with van der Waals surface area (Å²) in [6, 6.07) is 10.7. The smallest absolute Gasteiger partial charge is 0.373 e. The van der Waals surface area contributed by atoms with Crippen LogP contribution >= 0.6 is 0 Å². The monoisotopic (exact) mass is 337 g/mol. The Kier molecular flexibility index (Phi) is 4.51. The molecule has 126 valence electrons. The highest BCUT2D eigenvalue weighted by Gasteiger charge is 2.25. The number of aryl methyl sites for hydroxylation is 2. The van der Waals surface area contributed by atoms with Crippen molar-refractivity contribution in [2.75, 3.05) is 5.32 Å². The predicted octanol–water partition coefficient (Wildman–Crippen LogP) is 3.93. The van der Waals surface area contributed by atoms with Crippen molar-refractivity contribution in [1.82, 2.24) is 15.0 Å². The molecule has 0 saturated heterocycles. The van der Waals surface area contributed by atoms with E-state index in [1.54, 1.807) is 24.4 Å². The van der Waals surface area contributed by atoms with Crippen LogP contribution in [0, 0.1) is 24.0 Å². The van der Waals surface area contributed by atoms with Crippen LogP contribution in [0.15, 0.2) is 48.9 Å². The number of benzene rings is 1. The van der Waals surface area contributed by atoms with Gasteiger partial charge in [0.25, 0.3) is 0 Å². The van der Waals surface area contributed by atoms with Gasteiger partial charge in [0, 0.05) is 6.20 Å². The quantitative estimate of drug-likeness (QED) is 0.555. The minimum Gasteiger partial charge on any atom is -0.434 e. The molecule has 3 aromatic rings. The summed E-state index contributed by atoms with van der Waals surface area (Å²) < 4.78 is 5.58. The molecule has 0 atom stereocenters. The molecule has 3 rings (SSSR count). The van der Waals surface area contributed by atoms with E-state index in [9.17, 15) is 10.1 Å². The lowest BCUT2D eigenvalue weighted by Gasteiger charge is -2.10. The molecule has 0 bridgehead atoms. The molecule has 8 nitrogen and oxygen atoms in total. The number of nitrogens with zero attached hydrogens (tertiary/aromatic N) is 4. The summed E-state index contributed by atoms with van der Waals surface area (Å²) in [6.07, 6.45) is 2.79. The standard InChI is InChI=1S/C17H15N5O3/c1-11-5-7-13(8-6-11)25-17-14(22(23)24)16(19-10-20-17)21-15-12(2)4-3-9-18-15/h3-10H,1-2H3,(H,18,19,20,21). The van der Waals surface area contributed by atoms with Gasteiger partial charge >= 0.3 is 11.6 Å². The number of nitro groups is 1. The number of anilines is 2. The van der Waals surface area contributed by atoms with Gasteiger partial charge in [-0.15, -0.1) is 0 Å². The first-order chi connectivity index (χ1) is 12.0. The maximum Gasteiger partial charge on any atom is 0.373 e.